The van der Waals surface area contributed by atoms with Crippen LogP contribution >= 0.6 is 11.8 Å². The normalized spacial score (nSPS) is 20.9. The van der Waals surface area contributed by atoms with E-state index in [1.807, 2.05) is 24.0 Å². The van der Waals surface area contributed by atoms with E-state index in [4.69, 9.17) is 9.47 Å². The van der Waals surface area contributed by atoms with E-state index >= 15 is 0 Å². The molecule has 0 spiro atoms. The highest BCUT2D eigenvalue weighted by atomic mass is 32.2. The number of thioether (sulfide) groups is 1. The third-order valence-electron chi connectivity index (χ3n) is 5.55. The van der Waals surface area contributed by atoms with Crippen LogP contribution in [0.4, 0.5) is 10.5 Å². The smallest absolute Gasteiger partial charge is 0.293 e. The number of carbonyl (C=O) groups excluding carboxylic acids is 2. The van der Waals surface area contributed by atoms with Crippen LogP contribution in [0.1, 0.15) is 40.9 Å². The molecule has 30 heavy (non-hydrogen) atoms. The van der Waals surface area contributed by atoms with Gasteiger partial charge in [0.1, 0.15) is 0 Å². The maximum atomic E-state index is 13.3. The summed E-state index contributed by atoms with van der Waals surface area (Å²) in [5.74, 6) is 1.07. The molecule has 2 aromatic carbocycles. The van der Waals surface area contributed by atoms with Crippen LogP contribution in [0.15, 0.2) is 36.4 Å². The van der Waals surface area contributed by atoms with Crippen LogP contribution in [-0.4, -0.2) is 37.2 Å². The molecule has 2 atom stereocenters. The molecule has 0 aliphatic carbocycles. The van der Waals surface area contributed by atoms with Crippen LogP contribution < -0.4 is 25.2 Å². The van der Waals surface area contributed by atoms with Crippen molar-refractivity contribution in [3.05, 3.63) is 53.1 Å². The minimum atomic E-state index is -0.0663. The molecule has 8 heteroatoms. The van der Waals surface area contributed by atoms with Gasteiger partial charge in [-0.05, 0) is 48.2 Å². The molecule has 2 aromatic rings. The number of carbonyl (C=O) groups is 2. The molecule has 1 unspecified atom stereocenters. The molecule has 7 nitrogen and oxygen atoms in total. The van der Waals surface area contributed by atoms with Crippen molar-refractivity contribution in [3.8, 4) is 11.5 Å². The molecule has 0 saturated carbocycles. The highest BCUT2D eigenvalue weighted by Gasteiger charge is 2.30. The number of aryl methyl sites for hydroxylation is 1. The number of rotatable bonds is 4. The van der Waals surface area contributed by atoms with Gasteiger partial charge in [0.2, 0.25) is 0 Å². The summed E-state index contributed by atoms with van der Waals surface area (Å²) in [5.41, 5.74) is 9.54. The van der Waals surface area contributed by atoms with Gasteiger partial charge in [-0.15, -0.1) is 0 Å². The van der Waals surface area contributed by atoms with Crippen LogP contribution in [0.5, 0.6) is 11.5 Å². The fraction of sp³-hybridized carbons (Fsp3) is 0.364. The second kappa shape index (κ2) is 8.57. The van der Waals surface area contributed by atoms with Crippen molar-refractivity contribution in [1.29, 1.82) is 0 Å². The number of benzene rings is 2. The summed E-state index contributed by atoms with van der Waals surface area (Å²) in [6.07, 6.45) is 1.81. The second-order valence-corrected chi connectivity index (χ2v) is 8.73. The number of amides is 2. The minimum Gasteiger partial charge on any atom is -0.493 e. The van der Waals surface area contributed by atoms with Gasteiger partial charge in [-0.25, -0.2) is 5.43 Å². The second-order valence-electron chi connectivity index (χ2n) is 7.38. The molecule has 2 aliphatic heterocycles. The van der Waals surface area contributed by atoms with Crippen LogP contribution in [0.3, 0.4) is 0 Å². The summed E-state index contributed by atoms with van der Waals surface area (Å²) >= 11 is 1.29. The maximum absolute atomic E-state index is 13.3. The first-order chi connectivity index (χ1) is 14.5. The Kier molecular flexibility index (Phi) is 5.87. The average Bonchev–Trinajstić information content (AvgIpc) is 2.77. The molecular weight excluding hydrogens is 402 g/mol. The topological polar surface area (TPSA) is 79.9 Å². The number of nitrogens with one attached hydrogen (secondary N) is 2. The standard InChI is InChI=1S/C22H25N3O4S/c1-13-20(23-24-22(27)30-13)15-6-8-17-14(11-15)5-4-10-25(17)21(26)16-7-9-18(28-2)19(12-16)29-3/h6-9,11-13,20,23H,4-5,10H2,1-3H3,(H,24,27)/t13-,20?/m1/s1. The predicted octanol–water partition coefficient (Wildman–Crippen LogP) is 3.69. The van der Waals surface area contributed by atoms with Gasteiger partial charge in [0.25, 0.3) is 11.1 Å². The Morgan fingerprint density at radius 3 is 2.67 bits per heavy atom. The molecule has 2 N–H and O–H groups in total. The molecule has 2 amide bonds. The van der Waals surface area contributed by atoms with Crippen LogP contribution in [0, 0.1) is 0 Å². The van der Waals surface area contributed by atoms with Crippen molar-refractivity contribution in [2.45, 2.75) is 31.1 Å². The summed E-state index contributed by atoms with van der Waals surface area (Å²) in [6.45, 7) is 2.71. The van der Waals surface area contributed by atoms with E-state index in [2.05, 4.69) is 16.9 Å². The Morgan fingerprint density at radius 1 is 1.13 bits per heavy atom. The number of methoxy groups -OCH3 is 2. The summed E-state index contributed by atoms with van der Waals surface area (Å²) in [7, 11) is 3.13. The third kappa shape index (κ3) is 3.85. The number of nitrogens with zero attached hydrogens (tertiary/aromatic N) is 1. The maximum Gasteiger partial charge on any atom is 0.293 e. The Bertz CT molecular complexity index is 981. The molecular formula is C22H25N3O4S. The summed E-state index contributed by atoms with van der Waals surface area (Å²) in [5, 5.41) is 0.0493. The lowest BCUT2D eigenvalue weighted by molar-refractivity contribution is 0.0984. The predicted molar refractivity (Wildman–Crippen MR) is 117 cm³/mol. The summed E-state index contributed by atoms with van der Waals surface area (Å²) in [4.78, 5) is 26.7. The van der Waals surface area contributed by atoms with E-state index in [9.17, 15) is 9.59 Å². The van der Waals surface area contributed by atoms with Crippen molar-refractivity contribution in [2.75, 3.05) is 25.7 Å². The molecule has 4 rings (SSSR count). The van der Waals surface area contributed by atoms with Crippen molar-refractivity contribution in [1.82, 2.24) is 10.9 Å². The largest absolute Gasteiger partial charge is 0.493 e. The van der Waals surface area contributed by atoms with E-state index < -0.39 is 0 Å². The Balaban J connectivity index is 1.61. The molecule has 1 fully saturated rings. The van der Waals surface area contributed by atoms with Crippen LogP contribution in [0.25, 0.3) is 0 Å². The summed E-state index contributed by atoms with van der Waals surface area (Å²) < 4.78 is 10.6. The Hall–Kier alpha value is -2.71. The van der Waals surface area contributed by atoms with Crippen molar-refractivity contribution in [3.63, 3.8) is 0 Å². The van der Waals surface area contributed by atoms with E-state index in [1.54, 1.807) is 32.4 Å². The lowest BCUT2D eigenvalue weighted by Gasteiger charge is -2.33. The highest BCUT2D eigenvalue weighted by Crippen LogP contribution is 2.35. The van der Waals surface area contributed by atoms with Crippen molar-refractivity contribution < 1.29 is 19.1 Å². The number of hydrazine groups is 1. The van der Waals surface area contributed by atoms with Gasteiger partial charge < -0.3 is 14.4 Å². The number of ether oxygens (including phenoxy) is 2. The van der Waals surface area contributed by atoms with E-state index in [1.165, 1.54) is 11.8 Å². The third-order valence-corrected chi connectivity index (χ3v) is 6.51. The van der Waals surface area contributed by atoms with Crippen LogP contribution in [0.2, 0.25) is 0 Å². The first-order valence-corrected chi connectivity index (χ1v) is 10.8. The highest BCUT2D eigenvalue weighted by molar-refractivity contribution is 8.14. The number of hydrogen-bond acceptors (Lipinski definition) is 6. The number of fused-ring (bicyclic) bond motifs is 1. The zero-order valence-corrected chi connectivity index (χ0v) is 18.0. The number of hydrogen-bond donors (Lipinski definition) is 2. The van der Waals surface area contributed by atoms with Gasteiger partial charge >= 0.3 is 0 Å². The Morgan fingerprint density at radius 2 is 1.93 bits per heavy atom. The zero-order chi connectivity index (χ0) is 21.3. The van der Waals surface area contributed by atoms with E-state index in [0.29, 0.717) is 23.6 Å². The molecule has 0 radical (unpaired) electrons. The minimum absolute atomic E-state index is 0.0231. The van der Waals surface area contributed by atoms with Gasteiger partial charge in [0.05, 0.1) is 20.3 Å². The summed E-state index contributed by atoms with van der Waals surface area (Å²) in [6, 6.07) is 11.5. The van der Waals surface area contributed by atoms with Crippen molar-refractivity contribution in [2.24, 2.45) is 0 Å². The average molecular weight is 428 g/mol. The Labute approximate surface area is 180 Å². The molecule has 1 saturated heterocycles. The monoisotopic (exact) mass is 427 g/mol. The fourth-order valence-corrected chi connectivity index (χ4v) is 4.84. The quantitative estimate of drug-likeness (QED) is 0.775. The van der Waals surface area contributed by atoms with E-state index in [0.717, 1.165) is 29.7 Å². The zero-order valence-electron chi connectivity index (χ0n) is 17.2. The SMILES string of the molecule is COc1ccc(C(=O)N2CCCc3cc(C4NNC(=O)S[C@@H]4C)ccc32)cc1OC. The number of anilines is 1. The fourth-order valence-electron chi connectivity index (χ4n) is 4.02. The van der Waals surface area contributed by atoms with Crippen LogP contribution in [-0.2, 0) is 6.42 Å². The van der Waals surface area contributed by atoms with Gasteiger partial charge in [0, 0.05) is 23.0 Å². The first kappa shape index (κ1) is 20.6. The van der Waals surface area contributed by atoms with E-state index in [-0.39, 0.29) is 22.4 Å². The lowest BCUT2D eigenvalue weighted by Crippen LogP contribution is -2.47. The van der Waals surface area contributed by atoms with Gasteiger partial charge in [-0.2, -0.15) is 0 Å². The lowest BCUT2D eigenvalue weighted by atomic mass is 9.95. The molecule has 2 aliphatic rings. The van der Waals surface area contributed by atoms with Gasteiger partial charge in [-0.3, -0.25) is 15.0 Å². The molecule has 2 heterocycles. The van der Waals surface area contributed by atoms with Crippen molar-refractivity contribution >= 4 is 28.6 Å². The molecule has 0 bridgehead atoms. The van der Waals surface area contributed by atoms with Gasteiger partial charge in [-0.1, -0.05) is 30.8 Å². The molecule has 0 aromatic heterocycles. The van der Waals surface area contributed by atoms with Gasteiger partial charge in [0.15, 0.2) is 11.5 Å². The first-order valence-electron chi connectivity index (χ1n) is 9.90. The molecule has 158 valence electrons.